The number of carbonyl (C=O) groups is 1. The van der Waals surface area contributed by atoms with E-state index in [0.29, 0.717) is 12.1 Å². The second-order valence-corrected chi connectivity index (χ2v) is 7.64. The van der Waals surface area contributed by atoms with Crippen molar-refractivity contribution in [2.75, 3.05) is 39.3 Å². The molecule has 0 aliphatic carbocycles. The average molecular weight is 347 g/mol. The van der Waals surface area contributed by atoms with E-state index >= 15 is 0 Å². The van der Waals surface area contributed by atoms with Gasteiger partial charge < -0.3 is 14.7 Å². The summed E-state index contributed by atoms with van der Waals surface area (Å²) < 4.78 is 5.13. The molecule has 0 bridgehead atoms. The van der Waals surface area contributed by atoms with Crippen LogP contribution in [0.2, 0.25) is 0 Å². The predicted octanol–water partition coefficient (Wildman–Crippen LogP) is 1.44. The number of aryl methyl sites for hydroxylation is 1. The number of rotatable bonds is 3. The quantitative estimate of drug-likeness (QED) is 0.896. The maximum absolute atomic E-state index is 12.6. The van der Waals surface area contributed by atoms with Gasteiger partial charge in [0.15, 0.2) is 0 Å². The van der Waals surface area contributed by atoms with Gasteiger partial charge in [0, 0.05) is 57.4 Å². The van der Waals surface area contributed by atoms with Gasteiger partial charge in [-0.1, -0.05) is 11.6 Å². The van der Waals surface area contributed by atoms with E-state index in [4.69, 9.17) is 4.52 Å². The second-order valence-electron chi connectivity index (χ2n) is 7.64. The highest BCUT2D eigenvalue weighted by Gasteiger charge is 2.37. The summed E-state index contributed by atoms with van der Waals surface area (Å²) >= 11 is 0. The molecule has 2 atom stereocenters. The third-order valence-electron chi connectivity index (χ3n) is 5.89. The van der Waals surface area contributed by atoms with Crippen LogP contribution < -0.4 is 5.32 Å². The van der Waals surface area contributed by atoms with Crippen LogP contribution in [0.25, 0.3) is 0 Å². The number of urea groups is 1. The lowest BCUT2D eigenvalue weighted by Gasteiger charge is -2.36. The number of aromatic nitrogens is 1. The van der Waals surface area contributed by atoms with Crippen LogP contribution in [-0.2, 0) is 6.54 Å². The predicted molar refractivity (Wildman–Crippen MR) is 94.2 cm³/mol. The minimum Gasteiger partial charge on any atom is -0.361 e. The molecule has 0 spiro atoms. The molecule has 2 amide bonds. The first-order chi connectivity index (χ1) is 12.2. The number of amides is 2. The van der Waals surface area contributed by atoms with E-state index in [2.05, 4.69) is 20.3 Å². The first-order valence-corrected chi connectivity index (χ1v) is 9.63. The molecule has 7 heteroatoms. The van der Waals surface area contributed by atoms with Crippen molar-refractivity contribution in [3.63, 3.8) is 0 Å². The Hall–Kier alpha value is -1.60. The number of fused-ring (bicyclic) bond motifs is 1. The molecule has 138 valence electrons. The third-order valence-corrected chi connectivity index (χ3v) is 5.89. The van der Waals surface area contributed by atoms with E-state index in [-0.39, 0.29) is 6.03 Å². The minimum absolute atomic E-state index is 0.120. The highest BCUT2D eigenvalue weighted by molar-refractivity contribution is 5.74. The second kappa shape index (κ2) is 7.33. The summed E-state index contributed by atoms with van der Waals surface area (Å²) in [6.45, 7) is 8.39. The lowest BCUT2D eigenvalue weighted by atomic mass is 9.99. The zero-order chi connectivity index (χ0) is 17.2. The third kappa shape index (κ3) is 3.82. The van der Waals surface area contributed by atoms with Crippen molar-refractivity contribution in [2.24, 2.45) is 0 Å². The van der Waals surface area contributed by atoms with Gasteiger partial charge in [-0.25, -0.2) is 4.79 Å². The standard InChI is InChI=1S/C18H29N5O2/c1-14-12-15(20-25-14)13-21-8-10-23(11-9-21)18(24)19-16-5-7-22-6-3-2-4-17(16)22/h12,16-17H,2-11,13H2,1H3,(H,19,24)/t16-,17-/m0/s1. The Kier molecular flexibility index (Phi) is 4.94. The fourth-order valence-corrected chi connectivity index (χ4v) is 4.50. The van der Waals surface area contributed by atoms with Gasteiger partial charge >= 0.3 is 6.03 Å². The SMILES string of the molecule is Cc1cc(CN2CCN(C(=O)N[C@H]3CCN4CCCC[C@@H]34)CC2)no1. The molecule has 1 N–H and O–H groups in total. The normalized spacial score (nSPS) is 28.1. The Morgan fingerprint density at radius 2 is 2.04 bits per heavy atom. The van der Waals surface area contributed by atoms with Crippen molar-refractivity contribution in [3.05, 3.63) is 17.5 Å². The van der Waals surface area contributed by atoms with Crippen molar-refractivity contribution >= 4 is 6.03 Å². The molecule has 3 aliphatic rings. The van der Waals surface area contributed by atoms with Crippen molar-refractivity contribution in [3.8, 4) is 0 Å². The van der Waals surface area contributed by atoms with Crippen LogP contribution in [0, 0.1) is 6.92 Å². The average Bonchev–Trinajstić information content (AvgIpc) is 3.22. The van der Waals surface area contributed by atoms with Crippen LogP contribution in [0.5, 0.6) is 0 Å². The Morgan fingerprint density at radius 1 is 1.20 bits per heavy atom. The van der Waals surface area contributed by atoms with Crippen LogP contribution in [-0.4, -0.2) is 77.2 Å². The smallest absolute Gasteiger partial charge is 0.317 e. The molecule has 1 aromatic heterocycles. The lowest BCUT2D eigenvalue weighted by Crippen LogP contribution is -2.55. The maximum Gasteiger partial charge on any atom is 0.317 e. The molecule has 0 saturated carbocycles. The van der Waals surface area contributed by atoms with Gasteiger partial charge in [-0.3, -0.25) is 9.80 Å². The summed E-state index contributed by atoms with van der Waals surface area (Å²) in [5, 5.41) is 7.37. The van der Waals surface area contributed by atoms with Crippen molar-refractivity contribution in [2.45, 2.75) is 51.2 Å². The first-order valence-electron chi connectivity index (χ1n) is 9.63. The highest BCUT2D eigenvalue weighted by Crippen LogP contribution is 2.27. The minimum atomic E-state index is 0.120. The molecule has 0 radical (unpaired) electrons. The Labute approximate surface area is 149 Å². The number of piperidine rings is 1. The molecule has 3 aliphatic heterocycles. The Bertz CT molecular complexity index is 596. The number of nitrogens with zero attached hydrogens (tertiary/aromatic N) is 4. The fourth-order valence-electron chi connectivity index (χ4n) is 4.50. The zero-order valence-corrected chi connectivity index (χ0v) is 15.1. The van der Waals surface area contributed by atoms with Crippen LogP contribution in [0.1, 0.15) is 37.1 Å². The van der Waals surface area contributed by atoms with E-state index in [9.17, 15) is 4.79 Å². The molecule has 7 nitrogen and oxygen atoms in total. The molecule has 25 heavy (non-hydrogen) atoms. The van der Waals surface area contributed by atoms with Gasteiger partial charge in [-0.05, 0) is 32.7 Å². The summed E-state index contributed by atoms with van der Waals surface area (Å²) in [6, 6.07) is 3.00. The van der Waals surface area contributed by atoms with Crippen LogP contribution in [0.3, 0.4) is 0 Å². The summed E-state index contributed by atoms with van der Waals surface area (Å²) in [6.07, 6.45) is 4.94. The number of piperazine rings is 1. The number of carbonyl (C=O) groups excluding carboxylic acids is 1. The Balaban J connectivity index is 1.24. The van der Waals surface area contributed by atoms with Crippen LogP contribution >= 0.6 is 0 Å². The largest absolute Gasteiger partial charge is 0.361 e. The zero-order valence-electron chi connectivity index (χ0n) is 15.1. The fraction of sp³-hybridized carbons (Fsp3) is 0.778. The number of hydrogen-bond acceptors (Lipinski definition) is 5. The van der Waals surface area contributed by atoms with E-state index in [0.717, 1.165) is 57.1 Å². The summed E-state index contributed by atoms with van der Waals surface area (Å²) in [5.74, 6) is 0.848. The maximum atomic E-state index is 12.6. The first kappa shape index (κ1) is 16.8. The molecule has 0 unspecified atom stereocenters. The van der Waals surface area contributed by atoms with Gasteiger partial charge in [-0.15, -0.1) is 0 Å². The highest BCUT2D eigenvalue weighted by atomic mass is 16.5. The summed E-state index contributed by atoms with van der Waals surface area (Å²) in [7, 11) is 0. The van der Waals surface area contributed by atoms with Crippen molar-refractivity contribution in [1.29, 1.82) is 0 Å². The summed E-state index contributed by atoms with van der Waals surface area (Å²) in [4.78, 5) is 19.5. The van der Waals surface area contributed by atoms with Gasteiger partial charge in [0.05, 0.1) is 5.69 Å². The van der Waals surface area contributed by atoms with Gasteiger partial charge in [0.1, 0.15) is 5.76 Å². The van der Waals surface area contributed by atoms with Gasteiger partial charge in [0.25, 0.3) is 0 Å². The van der Waals surface area contributed by atoms with E-state index in [1.807, 2.05) is 17.9 Å². The molecule has 4 heterocycles. The van der Waals surface area contributed by atoms with Crippen LogP contribution in [0.4, 0.5) is 4.79 Å². The molecule has 3 fully saturated rings. The van der Waals surface area contributed by atoms with Gasteiger partial charge in [0.2, 0.25) is 0 Å². The van der Waals surface area contributed by atoms with Gasteiger partial charge in [-0.2, -0.15) is 0 Å². The van der Waals surface area contributed by atoms with E-state index in [1.54, 1.807) is 0 Å². The Morgan fingerprint density at radius 3 is 2.80 bits per heavy atom. The van der Waals surface area contributed by atoms with E-state index in [1.165, 1.54) is 25.8 Å². The topological polar surface area (TPSA) is 64.8 Å². The summed E-state index contributed by atoms with van der Waals surface area (Å²) in [5.41, 5.74) is 0.971. The number of nitrogens with one attached hydrogen (secondary N) is 1. The molecular formula is C18H29N5O2. The lowest BCUT2D eigenvalue weighted by molar-refractivity contribution is 0.127. The van der Waals surface area contributed by atoms with Crippen molar-refractivity contribution in [1.82, 2.24) is 25.2 Å². The molecular weight excluding hydrogens is 318 g/mol. The number of hydrogen-bond donors (Lipinski definition) is 1. The monoisotopic (exact) mass is 347 g/mol. The molecule has 3 saturated heterocycles. The van der Waals surface area contributed by atoms with Crippen LogP contribution in [0.15, 0.2) is 10.6 Å². The van der Waals surface area contributed by atoms with E-state index < -0.39 is 0 Å². The molecule has 0 aromatic carbocycles. The molecule has 4 rings (SSSR count). The molecule has 1 aromatic rings. The van der Waals surface area contributed by atoms with Crippen molar-refractivity contribution < 1.29 is 9.32 Å².